The molecule has 0 aliphatic rings. The topological polar surface area (TPSA) is 64.9 Å². The van der Waals surface area contributed by atoms with Gasteiger partial charge in [-0.05, 0) is 24.6 Å². The smallest absolute Gasteiger partial charge is 0.226 e. The van der Waals surface area contributed by atoms with Gasteiger partial charge in [-0.1, -0.05) is 19.0 Å². The van der Waals surface area contributed by atoms with Crippen molar-refractivity contribution in [3.8, 4) is 0 Å². The highest BCUT2D eigenvalue weighted by molar-refractivity contribution is 7.98. The molecule has 2 N–H and O–H groups in total. The lowest BCUT2D eigenvalue weighted by atomic mass is 10.1. The summed E-state index contributed by atoms with van der Waals surface area (Å²) in [5.74, 6) is 3.99. The van der Waals surface area contributed by atoms with E-state index >= 15 is 0 Å². The fourth-order valence-electron chi connectivity index (χ4n) is 1.13. The first-order valence-corrected chi connectivity index (χ1v) is 6.47. The molecule has 0 aliphatic heterocycles. The Labute approximate surface area is 95.0 Å². The molecule has 0 amide bonds. The molecule has 1 aromatic rings. The van der Waals surface area contributed by atoms with Crippen molar-refractivity contribution in [1.29, 1.82) is 0 Å². The molecule has 0 atom stereocenters. The van der Waals surface area contributed by atoms with Gasteiger partial charge in [-0.3, -0.25) is 0 Å². The van der Waals surface area contributed by atoms with Gasteiger partial charge < -0.3 is 10.3 Å². The van der Waals surface area contributed by atoms with Gasteiger partial charge in [-0.25, -0.2) is 0 Å². The molecule has 0 spiro atoms. The van der Waals surface area contributed by atoms with Gasteiger partial charge in [-0.2, -0.15) is 16.7 Å². The molecule has 0 bridgehead atoms. The van der Waals surface area contributed by atoms with Crippen LogP contribution in [-0.4, -0.2) is 22.4 Å². The van der Waals surface area contributed by atoms with Crippen molar-refractivity contribution in [2.75, 3.05) is 12.3 Å². The average Bonchev–Trinajstić information content (AvgIpc) is 2.59. The fourth-order valence-corrected chi connectivity index (χ4v) is 1.94. The van der Waals surface area contributed by atoms with Crippen LogP contribution >= 0.6 is 11.8 Å². The Bertz CT molecular complexity index is 275. The number of rotatable bonds is 7. The zero-order chi connectivity index (χ0) is 11.1. The van der Waals surface area contributed by atoms with Crippen LogP contribution in [0.1, 0.15) is 32.0 Å². The molecule has 1 aromatic heterocycles. The second-order valence-corrected chi connectivity index (χ2v) is 5.00. The van der Waals surface area contributed by atoms with Crippen molar-refractivity contribution in [2.45, 2.75) is 32.4 Å². The van der Waals surface area contributed by atoms with Crippen LogP contribution in [0.3, 0.4) is 0 Å². The minimum Gasteiger partial charge on any atom is -0.339 e. The van der Waals surface area contributed by atoms with Gasteiger partial charge in [0.25, 0.3) is 0 Å². The number of aromatic nitrogens is 2. The highest BCUT2D eigenvalue weighted by Crippen LogP contribution is 2.11. The lowest BCUT2D eigenvalue weighted by molar-refractivity contribution is 0.360. The number of hydrogen-bond acceptors (Lipinski definition) is 5. The van der Waals surface area contributed by atoms with Crippen molar-refractivity contribution in [3.05, 3.63) is 11.7 Å². The normalized spacial score (nSPS) is 11.2. The molecule has 0 aromatic carbocycles. The van der Waals surface area contributed by atoms with Gasteiger partial charge in [0.2, 0.25) is 5.89 Å². The summed E-state index contributed by atoms with van der Waals surface area (Å²) < 4.78 is 5.13. The first kappa shape index (κ1) is 12.5. The molecule has 0 saturated heterocycles. The third-order valence-corrected chi connectivity index (χ3v) is 2.86. The van der Waals surface area contributed by atoms with E-state index in [1.165, 1.54) is 0 Å². The van der Waals surface area contributed by atoms with Gasteiger partial charge in [0.15, 0.2) is 5.82 Å². The van der Waals surface area contributed by atoms with Gasteiger partial charge in [-0.15, -0.1) is 0 Å². The van der Waals surface area contributed by atoms with Crippen LogP contribution in [0.2, 0.25) is 0 Å². The quantitative estimate of drug-likeness (QED) is 0.723. The van der Waals surface area contributed by atoms with Gasteiger partial charge >= 0.3 is 0 Å². The maximum absolute atomic E-state index is 5.40. The van der Waals surface area contributed by atoms with Crippen LogP contribution in [0.4, 0.5) is 0 Å². The minimum atomic E-state index is 0.559. The molecule has 1 rings (SSSR count). The van der Waals surface area contributed by atoms with E-state index in [9.17, 15) is 0 Å². The zero-order valence-electron chi connectivity index (χ0n) is 9.40. The molecule has 0 saturated carbocycles. The lowest BCUT2D eigenvalue weighted by Gasteiger charge is -1.96. The Morgan fingerprint density at radius 1 is 1.47 bits per heavy atom. The Hall–Kier alpha value is -0.550. The van der Waals surface area contributed by atoms with Crippen LogP contribution in [0, 0.1) is 5.92 Å². The van der Waals surface area contributed by atoms with E-state index in [4.69, 9.17) is 10.3 Å². The molecule has 0 aliphatic carbocycles. The van der Waals surface area contributed by atoms with E-state index in [0.717, 1.165) is 42.6 Å². The predicted molar refractivity (Wildman–Crippen MR) is 62.7 cm³/mol. The van der Waals surface area contributed by atoms with Gasteiger partial charge in [0, 0.05) is 6.42 Å². The molecule has 15 heavy (non-hydrogen) atoms. The number of thioether (sulfide) groups is 1. The monoisotopic (exact) mass is 229 g/mol. The largest absolute Gasteiger partial charge is 0.339 e. The maximum Gasteiger partial charge on any atom is 0.226 e. The Morgan fingerprint density at radius 2 is 2.27 bits per heavy atom. The van der Waals surface area contributed by atoms with Gasteiger partial charge in [0.05, 0.1) is 5.75 Å². The summed E-state index contributed by atoms with van der Waals surface area (Å²) in [7, 11) is 0. The summed E-state index contributed by atoms with van der Waals surface area (Å²) in [5.41, 5.74) is 5.40. The molecular formula is C10H19N3OS. The standard InChI is InChI=1S/C10H19N3OS/c1-8(2)6-10-12-9(13-14-10)7-15-5-3-4-11/h8H,3-7,11H2,1-2H3. The van der Waals surface area contributed by atoms with E-state index < -0.39 is 0 Å². The third kappa shape index (κ3) is 5.18. The molecule has 4 nitrogen and oxygen atoms in total. The summed E-state index contributed by atoms with van der Waals surface area (Å²) >= 11 is 1.80. The molecule has 86 valence electrons. The van der Waals surface area contributed by atoms with E-state index in [0.29, 0.717) is 5.92 Å². The second kappa shape index (κ2) is 6.85. The lowest BCUT2D eigenvalue weighted by Crippen LogP contribution is -1.99. The van der Waals surface area contributed by atoms with Gasteiger partial charge in [0.1, 0.15) is 0 Å². The number of nitrogens with zero attached hydrogens (tertiary/aromatic N) is 2. The van der Waals surface area contributed by atoms with E-state index in [1.54, 1.807) is 11.8 Å². The summed E-state index contributed by atoms with van der Waals surface area (Å²) in [6.45, 7) is 5.03. The minimum absolute atomic E-state index is 0.559. The summed E-state index contributed by atoms with van der Waals surface area (Å²) in [6.07, 6.45) is 1.90. The third-order valence-electron chi connectivity index (χ3n) is 1.82. The molecule has 0 fully saturated rings. The van der Waals surface area contributed by atoms with Crippen molar-refractivity contribution in [2.24, 2.45) is 11.7 Å². The Balaban J connectivity index is 2.26. The molecule has 0 unspecified atom stereocenters. The van der Waals surface area contributed by atoms with Crippen LogP contribution in [0.5, 0.6) is 0 Å². The first-order valence-electron chi connectivity index (χ1n) is 5.31. The van der Waals surface area contributed by atoms with Crippen molar-refractivity contribution >= 4 is 11.8 Å². The molecular weight excluding hydrogens is 210 g/mol. The maximum atomic E-state index is 5.40. The predicted octanol–water partition coefficient (Wildman–Crippen LogP) is 1.85. The van der Waals surface area contributed by atoms with Crippen molar-refractivity contribution in [1.82, 2.24) is 10.1 Å². The van der Waals surface area contributed by atoms with E-state index in [-0.39, 0.29) is 0 Å². The van der Waals surface area contributed by atoms with E-state index in [1.807, 2.05) is 0 Å². The van der Waals surface area contributed by atoms with Crippen LogP contribution in [-0.2, 0) is 12.2 Å². The van der Waals surface area contributed by atoms with Crippen LogP contribution in [0.15, 0.2) is 4.52 Å². The first-order chi connectivity index (χ1) is 7.22. The summed E-state index contributed by atoms with van der Waals surface area (Å²) in [6, 6.07) is 0. The van der Waals surface area contributed by atoms with Crippen molar-refractivity contribution in [3.63, 3.8) is 0 Å². The average molecular weight is 229 g/mol. The Kier molecular flexibility index (Phi) is 5.71. The van der Waals surface area contributed by atoms with Crippen LogP contribution < -0.4 is 5.73 Å². The Morgan fingerprint density at radius 3 is 2.93 bits per heavy atom. The number of hydrogen-bond donors (Lipinski definition) is 1. The van der Waals surface area contributed by atoms with Crippen molar-refractivity contribution < 1.29 is 4.52 Å². The van der Waals surface area contributed by atoms with Crippen LogP contribution in [0.25, 0.3) is 0 Å². The number of nitrogens with two attached hydrogens (primary N) is 1. The zero-order valence-corrected chi connectivity index (χ0v) is 10.2. The van der Waals surface area contributed by atoms with E-state index in [2.05, 4.69) is 24.0 Å². The molecule has 0 radical (unpaired) electrons. The summed E-state index contributed by atoms with van der Waals surface area (Å²) in [5, 5.41) is 3.93. The molecule has 1 heterocycles. The highest BCUT2D eigenvalue weighted by atomic mass is 32.2. The SMILES string of the molecule is CC(C)Cc1nc(CSCCCN)no1. The highest BCUT2D eigenvalue weighted by Gasteiger charge is 2.07. The fraction of sp³-hybridized carbons (Fsp3) is 0.800. The second-order valence-electron chi connectivity index (χ2n) is 3.90. The molecule has 5 heteroatoms. The summed E-state index contributed by atoms with van der Waals surface area (Å²) in [4.78, 5) is 4.32.